The summed E-state index contributed by atoms with van der Waals surface area (Å²) in [4.78, 5) is 8.97. The molecule has 0 bridgehead atoms. The summed E-state index contributed by atoms with van der Waals surface area (Å²) >= 11 is 6.07. The van der Waals surface area contributed by atoms with Crippen molar-refractivity contribution < 1.29 is 4.42 Å². The average Bonchev–Trinajstić information content (AvgIpc) is 3.20. The van der Waals surface area contributed by atoms with Crippen molar-refractivity contribution in [3.05, 3.63) is 58.9 Å². The van der Waals surface area contributed by atoms with Crippen molar-refractivity contribution in [2.45, 2.75) is 13.8 Å². The first-order chi connectivity index (χ1) is 11.6. The zero-order valence-electron chi connectivity index (χ0n) is 13.1. The second-order valence-corrected chi connectivity index (χ2v) is 5.87. The number of aryl methyl sites for hydroxylation is 1. The van der Waals surface area contributed by atoms with Crippen LogP contribution in [0.2, 0.25) is 5.02 Å². The molecule has 4 aromatic rings. The van der Waals surface area contributed by atoms with E-state index < -0.39 is 0 Å². The van der Waals surface area contributed by atoms with E-state index >= 15 is 0 Å². The summed E-state index contributed by atoms with van der Waals surface area (Å²) in [5.41, 5.74) is 2.73. The molecule has 7 heteroatoms. The van der Waals surface area contributed by atoms with Crippen LogP contribution in [0.1, 0.15) is 11.3 Å². The highest BCUT2D eigenvalue weighted by atomic mass is 35.5. The molecule has 3 heterocycles. The lowest BCUT2D eigenvalue weighted by Gasteiger charge is -2.12. The van der Waals surface area contributed by atoms with Gasteiger partial charge in [0.1, 0.15) is 5.82 Å². The molecular formula is C17H14ClN5O. The van der Waals surface area contributed by atoms with Crippen LogP contribution in [0.5, 0.6) is 0 Å². The Labute approximate surface area is 143 Å². The molecule has 120 valence electrons. The maximum atomic E-state index is 6.07. The zero-order chi connectivity index (χ0) is 16.7. The Morgan fingerprint density at radius 3 is 2.75 bits per heavy atom. The molecule has 0 atom stereocenters. The van der Waals surface area contributed by atoms with Crippen LogP contribution in [0.3, 0.4) is 0 Å². The average molecular weight is 340 g/mol. The maximum absolute atomic E-state index is 6.07. The number of furan rings is 1. The smallest absolute Gasteiger partial charge is 0.255 e. The number of anilines is 2. The lowest BCUT2D eigenvalue weighted by Crippen LogP contribution is -2.06. The Morgan fingerprint density at radius 1 is 1.12 bits per heavy atom. The van der Waals surface area contributed by atoms with E-state index in [1.165, 1.54) is 0 Å². The standard InChI is InChI=1S/C17H14ClN5O/c1-10-11(2)19-17-21-15(14-7-4-8-24-14)22-23(17)16(10)20-13-6-3-5-12(18)9-13/h3-9,20H,1-2H3. The summed E-state index contributed by atoms with van der Waals surface area (Å²) in [5.74, 6) is 2.40. The van der Waals surface area contributed by atoms with Crippen molar-refractivity contribution >= 4 is 28.9 Å². The van der Waals surface area contributed by atoms with Gasteiger partial charge in [0.15, 0.2) is 5.76 Å². The van der Waals surface area contributed by atoms with Crippen LogP contribution < -0.4 is 5.32 Å². The number of fused-ring (bicyclic) bond motifs is 1. The second kappa shape index (κ2) is 5.65. The molecule has 0 spiro atoms. The van der Waals surface area contributed by atoms with E-state index in [0.717, 1.165) is 22.8 Å². The highest BCUT2D eigenvalue weighted by molar-refractivity contribution is 6.30. The molecule has 0 amide bonds. The van der Waals surface area contributed by atoms with Gasteiger partial charge in [-0.3, -0.25) is 0 Å². The van der Waals surface area contributed by atoms with E-state index in [4.69, 9.17) is 16.0 Å². The van der Waals surface area contributed by atoms with Crippen molar-refractivity contribution in [1.82, 2.24) is 19.6 Å². The van der Waals surface area contributed by atoms with Gasteiger partial charge >= 0.3 is 0 Å². The van der Waals surface area contributed by atoms with Crippen LogP contribution in [0.15, 0.2) is 47.1 Å². The number of rotatable bonds is 3. The first-order valence-electron chi connectivity index (χ1n) is 7.42. The predicted octanol–water partition coefficient (Wildman–Crippen LogP) is 4.40. The summed E-state index contributed by atoms with van der Waals surface area (Å²) in [6, 6.07) is 11.1. The first kappa shape index (κ1) is 14.7. The number of aromatic nitrogens is 4. The summed E-state index contributed by atoms with van der Waals surface area (Å²) < 4.78 is 7.06. The molecule has 0 aliphatic heterocycles. The summed E-state index contributed by atoms with van der Waals surface area (Å²) in [5, 5.41) is 8.55. The van der Waals surface area contributed by atoms with Gasteiger partial charge in [-0.25, -0.2) is 4.98 Å². The van der Waals surface area contributed by atoms with Crippen molar-refractivity contribution in [2.75, 3.05) is 5.32 Å². The molecule has 24 heavy (non-hydrogen) atoms. The van der Waals surface area contributed by atoms with E-state index in [9.17, 15) is 0 Å². The van der Waals surface area contributed by atoms with E-state index in [1.54, 1.807) is 16.8 Å². The highest BCUT2D eigenvalue weighted by Gasteiger charge is 2.16. The minimum atomic E-state index is 0.492. The number of benzene rings is 1. The summed E-state index contributed by atoms with van der Waals surface area (Å²) in [7, 11) is 0. The highest BCUT2D eigenvalue weighted by Crippen LogP contribution is 2.26. The predicted molar refractivity (Wildman–Crippen MR) is 92.7 cm³/mol. The van der Waals surface area contributed by atoms with Crippen LogP contribution in [-0.2, 0) is 0 Å². The van der Waals surface area contributed by atoms with Gasteiger partial charge in [0.25, 0.3) is 5.78 Å². The molecule has 0 unspecified atom stereocenters. The minimum absolute atomic E-state index is 0.492. The molecule has 0 fully saturated rings. The number of nitrogens with one attached hydrogen (secondary N) is 1. The van der Waals surface area contributed by atoms with E-state index in [1.807, 2.05) is 44.2 Å². The fourth-order valence-electron chi connectivity index (χ4n) is 2.45. The van der Waals surface area contributed by atoms with E-state index in [-0.39, 0.29) is 0 Å². The van der Waals surface area contributed by atoms with Crippen LogP contribution in [0.4, 0.5) is 11.5 Å². The third-order valence-electron chi connectivity index (χ3n) is 3.80. The maximum Gasteiger partial charge on any atom is 0.255 e. The molecule has 6 nitrogen and oxygen atoms in total. The third-order valence-corrected chi connectivity index (χ3v) is 4.03. The van der Waals surface area contributed by atoms with E-state index in [0.29, 0.717) is 22.4 Å². The quantitative estimate of drug-likeness (QED) is 0.599. The molecule has 4 rings (SSSR count). The molecule has 0 saturated heterocycles. The van der Waals surface area contributed by atoms with Crippen molar-refractivity contribution in [2.24, 2.45) is 0 Å². The number of hydrogen-bond donors (Lipinski definition) is 1. The van der Waals surface area contributed by atoms with Crippen LogP contribution in [0, 0.1) is 13.8 Å². The van der Waals surface area contributed by atoms with Gasteiger partial charge in [-0.15, -0.1) is 5.10 Å². The molecule has 3 aromatic heterocycles. The molecule has 0 radical (unpaired) electrons. The second-order valence-electron chi connectivity index (χ2n) is 5.43. The third kappa shape index (κ3) is 2.51. The number of nitrogens with zero attached hydrogens (tertiary/aromatic N) is 4. The monoisotopic (exact) mass is 339 g/mol. The molecular weight excluding hydrogens is 326 g/mol. The first-order valence-corrected chi connectivity index (χ1v) is 7.80. The van der Waals surface area contributed by atoms with Gasteiger partial charge in [-0.2, -0.15) is 9.50 Å². The van der Waals surface area contributed by atoms with Crippen LogP contribution in [-0.4, -0.2) is 19.6 Å². The van der Waals surface area contributed by atoms with Crippen molar-refractivity contribution in [1.29, 1.82) is 0 Å². The number of hydrogen-bond acceptors (Lipinski definition) is 5. The Bertz CT molecular complexity index is 1020. The Hall–Kier alpha value is -2.86. The van der Waals surface area contributed by atoms with Gasteiger partial charge in [-0.1, -0.05) is 17.7 Å². The van der Waals surface area contributed by atoms with Gasteiger partial charge < -0.3 is 9.73 Å². The SMILES string of the molecule is Cc1nc2nc(-c3ccco3)nn2c(Nc2cccc(Cl)c2)c1C. The van der Waals surface area contributed by atoms with Gasteiger partial charge in [0.2, 0.25) is 5.82 Å². The Morgan fingerprint density at radius 2 is 2.00 bits per heavy atom. The fraction of sp³-hybridized carbons (Fsp3) is 0.118. The molecule has 0 aliphatic carbocycles. The van der Waals surface area contributed by atoms with Crippen molar-refractivity contribution in [3.8, 4) is 11.6 Å². The molecule has 1 N–H and O–H groups in total. The molecule has 0 saturated carbocycles. The normalized spacial score (nSPS) is 11.1. The summed E-state index contributed by atoms with van der Waals surface area (Å²) in [6.07, 6.45) is 1.59. The minimum Gasteiger partial charge on any atom is -0.461 e. The molecule has 1 aromatic carbocycles. The van der Waals surface area contributed by atoms with Crippen LogP contribution >= 0.6 is 11.6 Å². The van der Waals surface area contributed by atoms with Crippen LogP contribution in [0.25, 0.3) is 17.4 Å². The Kier molecular flexibility index (Phi) is 3.46. The number of halogens is 1. The van der Waals surface area contributed by atoms with Crippen molar-refractivity contribution in [3.63, 3.8) is 0 Å². The van der Waals surface area contributed by atoms with Gasteiger partial charge in [-0.05, 0) is 44.2 Å². The van der Waals surface area contributed by atoms with E-state index in [2.05, 4.69) is 20.4 Å². The largest absolute Gasteiger partial charge is 0.461 e. The lowest BCUT2D eigenvalue weighted by atomic mass is 10.2. The van der Waals surface area contributed by atoms with Gasteiger partial charge in [0, 0.05) is 22.0 Å². The molecule has 0 aliphatic rings. The fourth-order valence-corrected chi connectivity index (χ4v) is 2.64. The Balaban J connectivity index is 1.88. The topological polar surface area (TPSA) is 68.2 Å². The zero-order valence-corrected chi connectivity index (χ0v) is 13.9. The van der Waals surface area contributed by atoms with Gasteiger partial charge in [0.05, 0.1) is 6.26 Å². The summed E-state index contributed by atoms with van der Waals surface area (Å²) in [6.45, 7) is 3.93. The lowest BCUT2D eigenvalue weighted by molar-refractivity contribution is 0.577.